The Hall–Kier alpha value is -2.90. The van der Waals surface area contributed by atoms with Crippen LogP contribution >= 0.6 is 0 Å². The van der Waals surface area contributed by atoms with Crippen LogP contribution in [-0.2, 0) is 11.3 Å². The van der Waals surface area contributed by atoms with E-state index in [1.54, 1.807) is 23.5 Å². The lowest BCUT2D eigenvalue weighted by Gasteiger charge is -2.32. The largest absolute Gasteiger partial charge is 0.352 e. The van der Waals surface area contributed by atoms with Gasteiger partial charge in [0.25, 0.3) is 0 Å². The number of nitrogens with zero attached hydrogens (tertiary/aromatic N) is 4. The summed E-state index contributed by atoms with van der Waals surface area (Å²) in [6.45, 7) is 1.96. The van der Waals surface area contributed by atoms with Crippen LogP contribution < -0.4 is 11.1 Å². The number of amides is 3. The Balaban J connectivity index is 1.67. The van der Waals surface area contributed by atoms with Crippen molar-refractivity contribution in [3.8, 4) is 0 Å². The highest BCUT2D eigenvalue weighted by molar-refractivity contribution is 5.83. The van der Waals surface area contributed by atoms with Crippen LogP contribution in [0.25, 0.3) is 0 Å². The highest BCUT2D eigenvalue weighted by Crippen LogP contribution is 2.26. The quantitative estimate of drug-likeness (QED) is 0.834. The molecule has 2 aromatic rings. The molecular weight excluding hydrogens is 320 g/mol. The third-order valence-electron chi connectivity index (χ3n) is 4.40. The molecule has 3 N–H and O–H groups in total. The Bertz CT molecular complexity index is 730. The van der Waals surface area contributed by atoms with Crippen molar-refractivity contribution in [2.75, 3.05) is 19.6 Å². The predicted molar refractivity (Wildman–Crippen MR) is 91.7 cm³/mol. The molecule has 8 nitrogen and oxygen atoms in total. The molecule has 0 radical (unpaired) electrons. The van der Waals surface area contributed by atoms with Gasteiger partial charge in [-0.1, -0.05) is 0 Å². The fraction of sp³-hybridized carbons (Fsp3) is 0.412. The Labute approximate surface area is 146 Å². The first kappa shape index (κ1) is 16.9. The van der Waals surface area contributed by atoms with Gasteiger partial charge in [-0.15, -0.1) is 0 Å². The van der Waals surface area contributed by atoms with Gasteiger partial charge in [-0.25, -0.2) is 9.78 Å². The number of hydrogen-bond donors (Lipinski definition) is 2. The van der Waals surface area contributed by atoms with Crippen LogP contribution in [0.4, 0.5) is 4.79 Å². The molecule has 1 unspecified atom stereocenters. The third-order valence-corrected chi connectivity index (χ3v) is 4.40. The number of carbonyl (C=O) groups is 2. The molecule has 132 valence electrons. The summed E-state index contributed by atoms with van der Waals surface area (Å²) in [7, 11) is 0. The number of rotatable bonds is 5. The van der Waals surface area contributed by atoms with E-state index >= 15 is 0 Å². The molecule has 3 heterocycles. The van der Waals surface area contributed by atoms with Gasteiger partial charge < -0.3 is 20.5 Å². The number of piperidine rings is 1. The van der Waals surface area contributed by atoms with Crippen molar-refractivity contribution in [2.24, 2.45) is 5.73 Å². The number of nitrogens with one attached hydrogen (secondary N) is 1. The first-order valence-electron chi connectivity index (χ1n) is 8.34. The first-order valence-corrected chi connectivity index (χ1v) is 8.34. The van der Waals surface area contributed by atoms with Gasteiger partial charge in [0, 0.05) is 50.3 Å². The Morgan fingerprint density at radius 3 is 2.84 bits per heavy atom. The van der Waals surface area contributed by atoms with Crippen molar-refractivity contribution in [3.63, 3.8) is 0 Å². The zero-order valence-corrected chi connectivity index (χ0v) is 14.0. The van der Waals surface area contributed by atoms with E-state index in [0.29, 0.717) is 13.1 Å². The molecule has 0 saturated carbocycles. The second-order valence-electron chi connectivity index (χ2n) is 6.17. The van der Waals surface area contributed by atoms with E-state index in [2.05, 4.69) is 19.9 Å². The van der Waals surface area contributed by atoms with Gasteiger partial charge in [0.05, 0.1) is 6.54 Å². The van der Waals surface area contributed by atoms with Crippen LogP contribution in [0.15, 0.2) is 36.9 Å². The zero-order chi connectivity index (χ0) is 17.6. The minimum atomic E-state index is -0.685. The molecule has 0 bridgehead atoms. The van der Waals surface area contributed by atoms with Gasteiger partial charge in [0.2, 0.25) is 5.91 Å². The maximum absolute atomic E-state index is 12.2. The van der Waals surface area contributed by atoms with Crippen LogP contribution in [0.2, 0.25) is 0 Å². The van der Waals surface area contributed by atoms with Crippen molar-refractivity contribution in [3.05, 3.63) is 48.3 Å². The maximum Gasteiger partial charge on any atom is 0.312 e. The summed E-state index contributed by atoms with van der Waals surface area (Å²) in [6, 6.07) is 3.28. The molecule has 2 aromatic heterocycles. The number of nitrogens with two attached hydrogens (primary N) is 1. The lowest BCUT2D eigenvalue weighted by Crippen LogP contribution is -2.45. The van der Waals surface area contributed by atoms with Gasteiger partial charge in [-0.3, -0.25) is 9.78 Å². The Morgan fingerprint density at radius 1 is 1.28 bits per heavy atom. The van der Waals surface area contributed by atoms with E-state index in [1.165, 1.54) is 0 Å². The van der Waals surface area contributed by atoms with Crippen LogP contribution in [-0.4, -0.2) is 51.0 Å². The minimum Gasteiger partial charge on any atom is -0.352 e. The van der Waals surface area contributed by atoms with E-state index in [4.69, 9.17) is 5.73 Å². The SMILES string of the molecule is NC(=O)NCC(=O)N1CCCC(c2nccn2Cc2ccncc2)C1. The first-order chi connectivity index (χ1) is 12.1. The number of urea groups is 1. The van der Waals surface area contributed by atoms with Crippen LogP contribution in [0, 0.1) is 0 Å². The van der Waals surface area contributed by atoms with Crippen molar-refractivity contribution in [1.29, 1.82) is 0 Å². The lowest BCUT2D eigenvalue weighted by molar-refractivity contribution is -0.131. The summed E-state index contributed by atoms with van der Waals surface area (Å²) in [5.74, 6) is 1.05. The topological polar surface area (TPSA) is 106 Å². The number of pyridine rings is 1. The highest BCUT2D eigenvalue weighted by atomic mass is 16.2. The van der Waals surface area contributed by atoms with E-state index in [0.717, 1.165) is 30.8 Å². The summed E-state index contributed by atoms with van der Waals surface area (Å²) in [4.78, 5) is 33.3. The standard InChI is InChI=1S/C17H22N6O2/c18-17(25)21-10-15(24)22-8-1-2-14(12-22)16-20-7-9-23(16)11-13-3-5-19-6-4-13/h3-7,9,14H,1-2,8,10-12H2,(H3,18,21,25). The second-order valence-corrected chi connectivity index (χ2v) is 6.17. The fourth-order valence-electron chi connectivity index (χ4n) is 3.19. The van der Waals surface area contributed by atoms with Gasteiger partial charge in [-0.05, 0) is 30.5 Å². The number of likely N-dealkylation sites (tertiary alicyclic amines) is 1. The number of primary amides is 1. The highest BCUT2D eigenvalue weighted by Gasteiger charge is 2.27. The molecule has 0 aromatic carbocycles. The Kier molecular flexibility index (Phi) is 5.27. The number of aromatic nitrogens is 3. The molecule has 25 heavy (non-hydrogen) atoms. The minimum absolute atomic E-state index is 0.0620. The summed E-state index contributed by atoms with van der Waals surface area (Å²) >= 11 is 0. The zero-order valence-electron chi connectivity index (χ0n) is 14.0. The molecule has 1 saturated heterocycles. The molecule has 1 aliphatic heterocycles. The third kappa shape index (κ3) is 4.34. The lowest BCUT2D eigenvalue weighted by atomic mass is 9.97. The van der Waals surface area contributed by atoms with E-state index in [-0.39, 0.29) is 18.4 Å². The van der Waals surface area contributed by atoms with Crippen molar-refractivity contribution < 1.29 is 9.59 Å². The normalized spacial score (nSPS) is 17.3. The number of imidazole rings is 1. The van der Waals surface area contributed by atoms with Crippen LogP contribution in [0.1, 0.15) is 30.1 Å². The molecule has 8 heteroatoms. The monoisotopic (exact) mass is 342 g/mol. The molecule has 1 aliphatic rings. The molecular formula is C17H22N6O2. The van der Waals surface area contributed by atoms with Gasteiger partial charge in [0.1, 0.15) is 5.82 Å². The number of carbonyl (C=O) groups excluding carboxylic acids is 2. The summed E-state index contributed by atoms with van der Waals surface area (Å²) < 4.78 is 2.12. The average Bonchev–Trinajstić information content (AvgIpc) is 3.08. The smallest absolute Gasteiger partial charge is 0.312 e. The van der Waals surface area contributed by atoms with Crippen molar-refractivity contribution >= 4 is 11.9 Å². The van der Waals surface area contributed by atoms with E-state index in [1.807, 2.05) is 18.3 Å². The second kappa shape index (κ2) is 7.78. The summed E-state index contributed by atoms with van der Waals surface area (Å²) in [6.07, 6.45) is 9.21. The average molecular weight is 342 g/mol. The molecule has 3 rings (SSSR count). The molecule has 0 aliphatic carbocycles. The van der Waals surface area contributed by atoms with E-state index < -0.39 is 6.03 Å². The summed E-state index contributed by atoms with van der Waals surface area (Å²) in [5.41, 5.74) is 6.19. The Morgan fingerprint density at radius 2 is 2.08 bits per heavy atom. The predicted octanol–water partition coefficient (Wildman–Crippen LogP) is 0.701. The van der Waals surface area contributed by atoms with Crippen molar-refractivity contribution in [1.82, 2.24) is 24.8 Å². The van der Waals surface area contributed by atoms with Crippen LogP contribution in [0.5, 0.6) is 0 Å². The van der Waals surface area contributed by atoms with Gasteiger partial charge in [-0.2, -0.15) is 0 Å². The van der Waals surface area contributed by atoms with E-state index in [9.17, 15) is 9.59 Å². The molecule has 1 atom stereocenters. The number of hydrogen-bond acceptors (Lipinski definition) is 4. The van der Waals surface area contributed by atoms with Gasteiger partial charge >= 0.3 is 6.03 Å². The van der Waals surface area contributed by atoms with Gasteiger partial charge in [0.15, 0.2) is 0 Å². The van der Waals surface area contributed by atoms with Crippen LogP contribution in [0.3, 0.4) is 0 Å². The van der Waals surface area contributed by atoms with Crippen molar-refractivity contribution in [2.45, 2.75) is 25.3 Å². The summed E-state index contributed by atoms with van der Waals surface area (Å²) in [5, 5.41) is 2.36. The molecule has 3 amide bonds. The molecule has 0 spiro atoms. The maximum atomic E-state index is 12.2. The molecule has 1 fully saturated rings. The fourth-order valence-corrected chi connectivity index (χ4v) is 3.19.